The van der Waals surface area contributed by atoms with Gasteiger partial charge in [-0.25, -0.2) is 4.90 Å². The number of hydrogen-bond donors (Lipinski definition) is 1. The zero-order valence-electron chi connectivity index (χ0n) is 11.6. The fourth-order valence-electron chi connectivity index (χ4n) is 3.19. The first-order chi connectivity index (χ1) is 9.26. The van der Waals surface area contributed by atoms with Crippen molar-refractivity contribution < 1.29 is 9.59 Å². The van der Waals surface area contributed by atoms with Gasteiger partial charge in [-0.15, -0.1) is 0 Å². The number of carbonyl (C=O) groups excluding carboxylic acids is 2. The highest BCUT2D eigenvalue weighted by Gasteiger charge is 2.72. The molecule has 4 nitrogen and oxygen atoms in total. The van der Waals surface area contributed by atoms with Gasteiger partial charge in [0.2, 0.25) is 11.8 Å². The van der Waals surface area contributed by atoms with Crippen molar-refractivity contribution in [3.8, 4) is 0 Å². The Morgan fingerprint density at radius 1 is 1.25 bits per heavy atom. The molecule has 2 atom stereocenters. The lowest BCUT2D eigenvalue weighted by molar-refractivity contribution is -0.125. The number of nitrogens with zero attached hydrogens (tertiary/aromatic N) is 1. The minimum atomic E-state index is -0.195. The Morgan fingerprint density at radius 2 is 1.80 bits per heavy atom. The Morgan fingerprint density at radius 3 is 2.30 bits per heavy atom. The zero-order valence-corrected chi connectivity index (χ0v) is 12.5. The smallest absolute Gasteiger partial charge is 0.238 e. The summed E-state index contributed by atoms with van der Waals surface area (Å²) in [5.74, 6) is -0.563. The maximum Gasteiger partial charge on any atom is 0.238 e. The summed E-state index contributed by atoms with van der Waals surface area (Å²) in [6.07, 6.45) is 0. The lowest BCUT2D eigenvalue weighted by Crippen LogP contribution is -2.36. The number of carbonyl (C=O) groups is 2. The molecule has 1 saturated carbocycles. The van der Waals surface area contributed by atoms with Crippen molar-refractivity contribution in [3.05, 3.63) is 29.3 Å². The molecule has 0 aromatic heterocycles. The molecule has 2 aliphatic rings. The second-order valence-electron chi connectivity index (χ2n) is 6.15. The molecule has 2 N–H and O–H groups in total. The molecule has 0 spiro atoms. The minimum absolute atomic E-state index is 0.104. The normalized spacial score (nSPS) is 26.6. The number of imide groups is 1. The van der Waals surface area contributed by atoms with Gasteiger partial charge >= 0.3 is 0 Å². The number of thiocarbonyl (C=S) groups is 1. The van der Waals surface area contributed by atoms with E-state index in [0.717, 1.165) is 5.56 Å². The summed E-state index contributed by atoms with van der Waals surface area (Å²) in [5, 5.41) is 0. The SMILES string of the molecule is Cc1ccc(C(N)=S)cc1N1C(=O)C2C(C1=O)C2(C)C. The molecule has 20 heavy (non-hydrogen) atoms. The number of aryl methyl sites for hydroxylation is 1. The van der Waals surface area contributed by atoms with E-state index in [1.807, 2.05) is 26.8 Å². The minimum Gasteiger partial charge on any atom is -0.389 e. The van der Waals surface area contributed by atoms with Crippen molar-refractivity contribution in [1.29, 1.82) is 0 Å². The summed E-state index contributed by atoms with van der Waals surface area (Å²) in [5.41, 5.74) is 7.57. The quantitative estimate of drug-likeness (QED) is 0.665. The summed E-state index contributed by atoms with van der Waals surface area (Å²) in [7, 11) is 0. The number of benzene rings is 1. The Bertz CT molecular complexity index is 642. The Balaban J connectivity index is 2.03. The van der Waals surface area contributed by atoms with Crippen LogP contribution < -0.4 is 10.6 Å². The van der Waals surface area contributed by atoms with E-state index in [-0.39, 0.29) is 34.1 Å². The van der Waals surface area contributed by atoms with E-state index in [2.05, 4.69) is 0 Å². The fourth-order valence-corrected chi connectivity index (χ4v) is 3.31. The fraction of sp³-hybridized carbons (Fsp3) is 0.400. The van der Waals surface area contributed by atoms with Gasteiger partial charge in [-0.1, -0.05) is 38.2 Å². The van der Waals surface area contributed by atoms with Crippen LogP contribution in [0.2, 0.25) is 0 Å². The second-order valence-corrected chi connectivity index (χ2v) is 6.59. The molecule has 1 aliphatic heterocycles. The van der Waals surface area contributed by atoms with Gasteiger partial charge in [-0.3, -0.25) is 9.59 Å². The van der Waals surface area contributed by atoms with E-state index in [1.165, 1.54) is 4.90 Å². The highest BCUT2D eigenvalue weighted by Crippen LogP contribution is 2.63. The number of fused-ring (bicyclic) bond motifs is 1. The Labute approximate surface area is 122 Å². The van der Waals surface area contributed by atoms with Crippen molar-refractivity contribution in [3.63, 3.8) is 0 Å². The number of nitrogens with two attached hydrogens (primary N) is 1. The van der Waals surface area contributed by atoms with E-state index in [1.54, 1.807) is 12.1 Å². The first kappa shape index (κ1) is 13.2. The summed E-state index contributed by atoms with van der Waals surface area (Å²) in [6, 6.07) is 5.36. The van der Waals surface area contributed by atoms with Gasteiger partial charge in [0.25, 0.3) is 0 Å². The van der Waals surface area contributed by atoms with Crippen molar-refractivity contribution in [2.75, 3.05) is 4.90 Å². The van der Waals surface area contributed by atoms with Gasteiger partial charge in [0, 0.05) is 5.56 Å². The van der Waals surface area contributed by atoms with Gasteiger partial charge < -0.3 is 5.73 Å². The highest BCUT2D eigenvalue weighted by atomic mass is 32.1. The largest absolute Gasteiger partial charge is 0.389 e. The molecule has 1 aliphatic carbocycles. The van der Waals surface area contributed by atoms with Crippen LogP contribution in [0, 0.1) is 24.2 Å². The first-order valence-corrected chi connectivity index (χ1v) is 6.96. The van der Waals surface area contributed by atoms with Crippen LogP contribution in [0.4, 0.5) is 5.69 Å². The molecule has 3 rings (SSSR count). The van der Waals surface area contributed by atoms with Crippen LogP contribution >= 0.6 is 12.2 Å². The van der Waals surface area contributed by atoms with Crippen molar-refractivity contribution >= 4 is 34.7 Å². The van der Waals surface area contributed by atoms with Crippen molar-refractivity contribution in [2.24, 2.45) is 23.0 Å². The number of anilines is 1. The van der Waals surface area contributed by atoms with E-state index in [9.17, 15) is 9.59 Å². The van der Waals surface area contributed by atoms with Crippen LogP contribution in [0.15, 0.2) is 18.2 Å². The average molecular weight is 288 g/mol. The van der Waals surface area contributed by atoms with Gasteiger partial charge in [-0.05, 0) is 24.0 Å². The van der Waals surface area contributed by atoms with Crippen LogP contribution in [0.25, 0.3) is 0 Å². The van der Waals surface area contributed by atoms with Crippen LogP contribution in [0.3, 0.4) is 0 Å². The van der Waals surface area contributed by atoms with Crippen molar-refractivity contribution in [2.45, 2.75) is 20.8 Å². The standard InChI is InChI=1S/C15H16N2O2S/c1-7-4-5-8(12(16)20)6-9(7)17-13(18)10-11(14(17)19)15(10,2)3/h4-6,10-11H,1-3H3,(H2,16,20). The van der Waals surface area contributed by atoms with Gasteiger partial charge in [0.15, 0.2) is 0 Å². The van der Waals surface area contributed by atoms with E-state index in [0.29, 0.717) is 11.3 Å². The third-order valence-corrected chi connectivity index (χ3v) is 4.77. The van der Waals surface area contributed by atoms with E-state index in [4.69, 9.17) is 18.0 Å². The topological polar surface area (TPSA) is 63.4 Å². The number of rotatable bonds is 2. The zero-order chi connectivity index (χ0) is 14.8. The lowest BCUT2D eigenvalue weighted by Gasteiger charge is -2.22. The van der Waals surface area contributed by atoms with Gasteiger partial charge in [0.05, 0.1) is 17.5 Å². The molecular formula is C15H16N2O2S. The molecule has 2 amide bonds. The third-order valence-electron chi connectivity index (χ3n) is 4.53. The molecule has 2 fully saturated rings. The van der Waals surface area contributed by atoms with Crippen LogP contribution in [0.1, 0.15) is 25.0 Å². The number of piperidine rings is 1. The molecule has 0 bridgehead atoms. The number of amides is 2. The third kappa shape index (κ3) is 1.56. The molecule has 1 aromatic rings. The Hall–Kier alpha value is -1.75. The maximum absolute atomic E-state index is 12.4. The number of hydrogen-bond acceptors (Lipinski definition) is 3. The molecule has 5 heteroatoms. The molecule has 2 unspecified atom stereocenters. The van der Waals surface area contributed by atoms with Gasteiger partial charge in [0.1, 0.15) is 4.99 Å². The van der Waals surface area contributed by atoms with Crippen LogP contribution in [0.5, 0.6) is 0 Å². The van der Waals surface area contributed by atoms with E-state index < -0.39 is 0 Å². The Kier molecular flexibility index (Phi) is 2.57. The van der Waals surface area contributed by atoms with Crippen LogP contribution in [-0.4, -0.2) is 16.8 Å². The second kappa shape index (κ2) is 3.88. The van der Waals surface area contributed by atoms with E-state index >= 15 is 0 Å². The predicted octanol–water partition coefficient (Wildman–Crippen LogP) is 1.77. The monoisotopic (exact) mass is 288 g/mol. The lowest BCUT2D eigenvalue weighted by atomic mass is 10.0. The summed E-state index contributed by atoms with van der Waals surface area (Å²) in [6.45, 7) is 5.80. The first-order valence-electron chi connectivity index (χ1n) is 6.55. The van der Waals surface area contributed by atoms with Gasteiger partial charge in [-0.2, -0.15) is 0 Å². The predicted molar refractivity (Wildman–Crippen MR) is 80.3 cm³/mol. The highest BCUT2D eigenvalue weighted by molar-refractivity contribution is 7.80. The molecule has 104 valence electrons. The summed E-state index contributed by atoms with van der Waals surface area (Å²) >= 11 is 4.96. The summed E-state index contributed by atoms with van der Waals surface area (Å²) in [4.78, 5) is 26.5. The molecule has 1 aromatic carbocycles. The summed E-state index contributed by atoms with van der Waals surface area (Å²) < 4.78 is 0. The molecule has 1 saturated heterocycles. The molecule has 0 radical (unpaired) electrons. The molecule has 1 heterocycles. The van der Waals surface area contributed by atoms with Crippen molar-refractivity contribution in [1.82, 2.24) is 0 Å². The average Bonchev–Trinajstić information content (AvgIpc) is 2.81. The maximum atomic E-state index is 12.4. The van der Waals surface area contributed by atoms with Crippen LogP contribution in [-0.2, 0) is 9.59 Å². The molecular weight excluding hydrogens is 272 g/mol.